The van der Waals surface area contributed by atoms with Gasteiger partial charge >= 0.3 is 0 Å². The van der Waals surface area contributed by atoms with E-state index in [4.69, 9.17) is 0 Å². The van der Waals surface area contributed by atoms with Crippen LogP contribution in [0.25, 0.3) is 0 Å². The van der Waals surface area contributed by atoms with Crippen LogP contribution in [-0.4, -0.2) is 25.1 Å². The van der Waals surface area contributed by atoms with Crippen molar-refractivity contribution in [3.63, 3.8) is 0 Å². The first kappa shape index (κ1) is 10.5. The summed E-state index contributed by atoms with van der Waals surface area (Å²) >= 11 is 0. The molecule has 1 aliphatic carbocycles. The molecular weight excluding hydrogens is 184 g/mol. The molecule has 0 spiro atoms. The Morgan fingerprint density at radius 2 is 1.86 bits per heavy atom. The van der Waals surface area contributed by atoms with E-state index >= 15 is 0 Å². The molecule has 0 radical (unpaired) electrons. The van der Waals surface area contributed by atoms with Gasteiger partial charge in [-0.15, -0.1) is 0 Å². The molecule has 0 amide bonds. The number of carbonyl (C=O) groups excluding carboxylic acids is 4. The van der Waals surface area contributed by atoms with Crippen LogP contribution < -0.4 is 0 Å². The zero-order valence-corrected chi connectivity index (χ0v) is 7.51. The lowest BCUT2D eigenvalue weighted by molar-refractivity contribution is -0.118. The predicted molar refractivity (Wildman–Crippen MR) is 47.5 cm³/mol. The molecular formula is C10H10O4. The lowest BCUT2D eigenvalue weighted by Gasteiger charge is -2.06. The van der Waals surface area contributed by atoms with Crippen LogP contribution in [0.1, 0.15) is 12.8 Å². The molecule has 0 N–H and O–H groups in total. The summed E-state index contributed by atoms with van der Waals surface area (Å²) in [6, 6.07) is 0. The monoisotopic (exact) mass is 194 g/mol. The van der Waals surface area contributed by atoms with E-state index in [1.807, 2.05) is 0 Å². The zero-order chi connectivity index (χ0) is 10.6. The second kappa shape index (κ2) is 4.60. The minimum atomic E-state index is -0.653. The van der Waals surface area contributed by atoms with E-state index in [-0.39, 0.29) is 6.42 Å². The summed E-state index contributed by atoms with van der Waals surface area (Å²) in [7, 11) is 0. The molecule has 4 nitrogen and oxygen atoms in total. The van der Waals surface area contributed by atoms with Gasteiger partial charge in [0.1, 0.15) is 25.1 Å². The Bertz CT molecular complexity index is 303. The molecule has 1 aliphatic rings. The van der Waals surface area contributed by atoms with Crippen LogP contribution in [0.4, 0.5) is 0 Å². The summed E-state index contributed by atoms with van der Waals surface area (Å²) in [5.41, 5.74) is 0.924. The van der Waals surface area contributed by atoms with Crippen LogP contribution in [0.3, 0.4) is 0 Å². The van der Waals surface area contributed by atoms with Crippen LogP contribution >= 0.6 is 0 Å². The number of allylic oxidation sites excluding steroid dienone is 2. The fourth-order valence-corrected chi connectivity index (χ4v) is 1.77. The molecule has 0 aliphatic heterocycles. The Morgan fingerprint density at radius 3 is 2.29 bits per heavy atom. The molecule has 0 bridgehead atoms. The molecule has 0 fully saturated rings. The topological polar surface area (TPSA) is 68.3 Å². The van der Waals surface area contributed by atoms with Crippen LogP contribution in [0.15, 0.2) is 11.1 Å². The van der Waals surface area contributed by atoms with Crippen molar-refractivity contribution in [2.45, 2.75) is 12.8 Å². The third-order valence-electron chi connectivity index (χ3n) is 2.49. The van der Waals surface area contributed by atoms with Gasteiger partial charge in [-0.05, 0) is 6.42 Å². The third kappa shape index (κ3) is 1.69. The van der Waals surface area contributed by atoms with Gasteiger partial charge in [-0.25, -0.2) is 0 Å². The second-order valence-corrected chi connectivity index (χ2v) is 3.21. The summed E-state index contributed by atoms with van der Waals surface area (Å²) in [5, 5.41) is 0. The third-order valence-corrected chi connectivity index (χ3v) is 2.49. The molecule has 0 aromatic rings. The smallest absolute Gasteiger partial charge is 0.146 e. The van der Waals surface area contributed by atoms with Crippen molar-refractivity contribution >= 4 is 25.1 Å². The van der Waals surface area contributed by atoms with Crippen LogP contribution in [0.5, 0.6) is 0 Å². The summed E-state index contributed by atoms with van der Waals surface area (Å²) in [6.45, 7) is 0. The zero-order valence-electron chi connectivity index (χ0n) is 7.51. The minimum Gasteiger partial charge on any atom is -0.303 e. The fraction of sp³-hybridized carbons (Fsp3) is 0.400. The van der Waals surface area contributed by atoms with Gasteiger partial charge in [-0.2, -0.15) is 0 Å². The maximum atomic E-state index is 10.7. The molecule has 0 saturated heterocycles. The van der Waals surface area contributed by atoms with Crippen molar-refractivity contribution < 1.29 is 19.2 Å². The standard InChI is InChI=1S/C10H10O4/c11-2-1-7-3-8(4-12)10(6-14)9(7)5-13/h2,4-6,8,10H,1,3H2. The highest BCUT2D eigenvalue weighted by molar-refractivity contribution is 5.87. The normalized spacial score (nSPS) is 26.0. The van der Waals surface area contributed by atoms with Crippen molar-refractivity contribution in [1.29, 1.82) is 0 Å². The predicted octanol–water partition coefficient (Wildman–Crippen LogP) is 0.105. The molecule has 4 heteroatoms. The molecule has 1 rings (SSSR count). The van der Waals surface area contributed by atoms with E-state index < -0.39 is 11.8 Å². The summed E-state index contributed by atoms with van der Waals surface area (Å²) < 4.78 is 0. The number of rotatable bonds is 5. The largest absolute Gasteiger partial charge is 0.303 e. The maximum absolute atomic E-state index is 10.7. The van der Waals surface area contributed by atoms with E-state index in [9.17, 15) is 19.2 Å². The van der Waals surface area contributed by atoms with E-state index in [2.05, 4.69) is 0 Å². The number of hydrogen-bond acceptors (Lipinski definition) is 4. The Morgan fingerprint density at radius 1 is 1.14 bits per heavy atom. The Labute approximate surface area is 81.0 Å². The average molecular weight is 194 g/mol. The molecule has 0 aromatic heterocycles. The van der Waals surface area contributed by atoms with Gasteiger partial charge < -0.3 is 14.4 Å². The maximum Gasteiger partial charge on any atom is 0.146 e. The second-order valence-electron chi connectivity index (χ2n) is 3.21. The van der Waals surface area contributed by atoms with E-state index in [0.29, 0.717) is 42.7 Å². The van der Waals surface area contributed by atoms with Gasteiger partial charge in [0.2, 0.25) is 0 Å². The number of aldehydes is 4. The SMILES string of the molecule is O=CCC1=C(C=O)C(C=O)C(C=O)C1. The van der Waals surface area contributed by atoms with Crippen LogP contribution in [-0.2, 0) is 19.2 Å². The summed E-state index contributed by atoms with van der Waals surface area (Å²) in [6.07, 6.45) is 2.98. The molecule has 0 heterocycles. The van der Waals surface area contributed by atoms with Crippen molar-refractivity contribution in [3.05, 3.63) is 11.1 Å². The summed E-state index contributed by atoms with van der Waals surface area (Å²) in [4.78, 5) is 42.2. The van der Waals surface area contributed by atoms with Gasteiger partial charge in [0.25, 0.3) is 0 Å². The molecule has 0 saturated carbocycles. The first-order valence-electron chi connectivity index (χ1n) is 4.29. The van der Waals surface area contributed by atoms with Gasteiger partial charge in [0.05, 0.1) is 5.92 Å². The highest BCUT2D eigenvalue weighted by Gasteiger charge is 2.33. The molecule has 2 atom stereocenters. The molecule has 14 heavy (non-hydrogen) atoms. The van der Waals surface area contributed by atoms with Crippen molar-refractivity contribution in [1.82, 2.24) is 0 Å². The Kier molecular flexibility index (Phi) is 3.45. The number of carbonyl (C=O) groups is 4. The first-order chi connectivity index (χ1) is 6.78. The minimum absolute atomic E-state index is 0.128. The van der Waals surface area contributed by atoms with Gasteiger partial charge in [0.15, 0.2) is 0 Å². The fourth-order valence-electron chi connectivity index (χ4n) is 1.77. The molecule has 0 aromatic carbocycles. The van der Waals surface area contributed by atoms with Crippen LogP contribution in [0, 0.1) is 11.8 Å². The molecule has 2 unspecified atom stereocenters. The molecule has 74 valence electrons. The van der Waals surface area contributed by atoms with Crippen LogP contribution in [0.2, 0.25) is 0 Å². The van der Waals surface area contributed by atoms with E-state index in [0.717, 1.165) is 0 Å². The summed E-state index contributed by atoms with van der Waals surface area (Å²) in [5.74, 6) is -1.12. The van der Waals surface area contributed by atoms with Crippen molar-refractivity contribution in [3.8, 4) is 0 Å². The highest BCUT2D eigenvalue weighted by Crippen LogP contribution is 2.34. The lowest BCUT2D eigenvalue weighted by atomic mass is 9.94. The lowest BCUT2D eigenvalue weighted by Crippen LogP contribution is -2.14. The van der Waals surface area contributed by atoms with Gasteiger partial charge in [-0.1, -0.05) is 5.57 Å². The van der Waals surface area contributed by atoms with E-state index in [1.165, 1.54) is 0 Å². The van der Waals surface area contributed by atoms with E-state index in [1.54, 1.807) is 0 Å². The van der Waals surface area contributed by atoms with Gasteiger partial charge in [-0.3, -0.25) is 4.79 Å². The highest BCUT2D eigenvalue weighted by atomic mass is 16.1. The Balaban J connectivity index is 2.99. The van der Waals surface area contributed by atoms with Crippen molar-refractivity contribution in [2.75, 3.05) is 0 Å². The first-order valence-corrected chi connectivity index (χ1v) is 4.29. The Hall–Kier alpha value is -1.58. The van der Waals surface area contributed by atoms with Gasteiger partial charge in [0, 0.05) is 17.9 Å². The number of hydrogen-bond donors (Lipinski definition) is 0. The quantitative estimate of drug-likeness (QED) is 0.582. The van der Waals surface area contributed by atoms with Crippen molar-refractivity contribution in [2.24, 2.45) is 11.8 Å². The average Bonchev–Trinajstić information content (AvgIpc) is 2.55.